The van der Waals surface area contributed by atoms with E-state index >= 15 is 0 Å². The molecule has 2 aromatic rings. The van der Waals surface area contributed by atoms with Gasteiger partial charge in [0.2, 0.25) is 5.88 Å². The van der Waals surface area contributed by atoms with Crippen molar-refractivity contribution in [1.82, 2.24) is 19.6 Å². The highest BCUT2D eigenvalue weighted by Gasteiger charge is 2.29. The van der Waals surface area contributed by atoms with Crippen LogP contribution in [0.3, 0.4) is 0 Å². The van der Waals surface area contributed by atoms with Crippen LogP contribution in [0, 0.1) is 0 Å². The number of alkyl halides is 3. The fourth-order valence-electron chi connectivity index (χ4n) is 1.95. The molecular formula is C15H15F4N5O2. The van der Waals surface area contributed by atoms with E-state index in [0.717, 1.165) is 6.08 Å². The van der Waals surface area contributed by atoms with Gasteiger partial charge in [0.1, 0.15) is 6.61 Å². The molecule has 140 valence electrons. The molecule has 0 aliphatic carbocycles. The molecule has 0 spiro atoms. The summed E-state index contributed by atoms with van der Waals surface area (Å²) in [4.78, 5) is 7.26. The topological polar surface area (TPSA) is 73.9 Å². The summed E-state index contributed by atoms with van der Waals surface area (Å²) in [6.07, 6.45) is -0.684. The molecule has 0 radical (unpaired) electrons. The molecule has 0 aliphatic rings. The summed E-state index contributed by atoms with van der Waals surface area (Å²) in [5.41, 5.74) is 1.13. The number of nitrogens with zero attached hydrogens (tertiary/aromatic N) is 5. The number of ether oxygens (including phenoxy) is 2. The molecule has 0 unspecified atom stereocenters. The van der Waals surface area contributed by atoms with Crippen LogP contribution in [0.15, 0.2) is 35.2 Å². The van der Waals surface area contributed by atoms with Crippen molar-refractivity contribution in [2.75, 3.05) is 13.7 Å². The lowest BCUT2D eigenvalue weighted by Crippen LogP contribution is -2.16. The lowest BCUT2D eigenvalue weighted by atomic mass is 10.2. The Morgan fingerprint density at radius 3 is 2.73 bits per heavy atom. The Morgan fingerprint density at radius 2 is 2.12 bits per heavy atom. The van der Waals surface area contributed by atoms with Crippen LogP contribution in [-0.2, 0) is 16.1 Å². The van der Waals surface area contributed by atoms with E-state index in [0.29, 0.717) is 22.7 Å². The molecular weight excluding hydrogens is 358 g/mol. The Kier molecular flexibility index (Phi) is 6.03. The Balaban J connectivity index is 2.32. The largest absolute Gasteiger partial charge is 0.466 e. The summed E-state index contributed by atoms with van der Waals surface area (Å²) in [5, 5.41) is 7.84. The summed E-state index contributed by atoms with van der Waals surface area (Å²) in [6, 6.07) is 0. The van der Waals surface area contributed by atoms with E-state index in [9.17, 15) is 17.6 Å². The summed E-state index contributed by atoms with van der Waals surface area (Å²) in [7, 11) is 1.50. The van der Waals surface area contributed by atoms with Gasteiger partial charge in [-0.1, -0.05) is 0 Å². The molecule has 2 heterocycles. The minimum absolute atomic E-state index is 0.206. The van der Waals surface area contributed by atoms with Gasteiger partial charge in [0.25, 0.3) is 0 Å². The van der Waals surface area contributed by atoms with Gasteiger partial charge in [0.05, 0.1) is 11.9 Å². The number of allylic oxidation sites excluding steroid dienone is 3. The molecule has 0 saturated carbocycles. The maximum atomic E-state index is 14.1. The highest BCUT2D eigenvalue weighted by Crippen LogP contribution is 2.22. The SMILES string of the molecule is C=N/C(OCC(F)(F)F)=C(F)\C=C(/C)c1cn2c(COC)nnc2cn1. The molecule has 0 bridgehead atoms. The van der Waals surface area contributed by atoms with Crippen LogP contribution in [-0.4, -0.2) is 46.2 Å². The van der Waals surface area contributed by atoms with Gasteiger partial charge < -0.3 is 9.47 Å². The van der Waals surface area contributed by atoms with Crippen LogP contribution < -0.4 is 0 Å². The van der Waals surface area contributed by atoms with Crippen molar-refractivity contribution in [1.29, 1.82) is 0 Å². The van der Waals surface area contributed by atoms with Gasteiger partial charge >= 0.3 is 6.18 Å². The summed E-state index contributed by atoms with van der Waals surface area (Å²) >= 11 is 0. The van der Waals surface area contributed by atoms with Crippen LogP contribution in [0.1, 0.15) is 18.4 Å². The second kappa shape index (κ2) is 8.04. The van der Waals surface area contributed by atoms with Gasteiger partial charge in [0.15, 0.2) is 23.9 Å². The van der Waals surface area contributed by atoms with Gasteiger partial charge in [-0.2, -0.15) is 13.2 Å². The van der Waals surface area contributed by atoms with Gasteiger partial charge in [-0.15, -0.1) is 10.2 Å². The van der Waals surface area contributed by atoms with Crippen molar-refractivity contribution in [2.45, 2.75) is 19.7 Å². The van der Waals surface area contributed by atoms with Crippen LogP contribution in [0.5, 0.6) is 0 Å². The quantitative estimate of drug-likeness (QED) is 0.323. The minimum atomic E-state index is -4.62. The monoisotopic (exact) mass is 373 g/mol. The van der Waals surface area contributed by atoms with Crippen LogP contribution in [0.25, 0.3) is 11.2 Å². The second-order valence-corrected chi connectivity index (χ2v) is 5.09. The molecule has 0 atom stereocenters. The molecule has 26 heavy (non-hydrogen) atoms. The van der Waals surface area contributed by atoms with E-state index in [1.807, 2.05) is 0 Å². The van der Waals surface area contributed by atoms with Crippen molar-refractivity contribution >= 4 is 17.9 Å². The number of aromatic nitrogens is 4. The zero-order chi connectivity index (χ0) is 19.3. The third-order valence-electron chi connectivity index (χ3n) is 3.10. The lowest BCUT2D eigenvalue weighted by Gasteiger charge is -2.09. The highest BCUT2D eigenvalue weighted by atomic mass is 19.4. The first-order chi connectivity index (χ1) is 12.2. The average Bonchev–Trinajstić information content (AvgIpc) is 2.97. The summed E-state index contributed by atoms with van der Waals surface area (Å²) in [6.45, 7) is 3.07. The first kappa shape index (κ1) is 19.5. The van der Waals surface area contributed by atoms with E-state index in [1.54, 1.807) is 10.6 Å². The highest BCUT2D eigenvalue weighted by molar-refractivity contribution is 5.63. The Hall–Kier alpha value is -2.82. The number of methoxy groups -OCH3 is 1. The van der Waals surface area contributed by atoms with Crippen molar-refractivity contribution in [3.05, 3.63) is 41.7 Å². The van der Waals surface area contributed by atoms with Gasteiger partial charge in [-0.05, 0) is 25.3 Å². The second-order valence-electron chi connectivity index (χ2n) is 5.09. The van der Waals surface area contributed by atoms with Crippen molar-refractivity contribution in [2.24, 2.45) is 4.99 Å². The van der Waals surface area contributed by atoms with E-state index < -0.39 is 24.5 Å². The van der Waals surface area contributed by atoms with Gasteiger partial charge in [-0.25, -0.2) is 9.38 Å². The maximum Gasteiger partial charge on any atom is 0.422 e. The smallest absolute Gasteiger partial charge is 0.422 e. The Bertz CT molecular complexity index is 857. The normalized spacial score (nSPS) is 13.7. The molecule has 0 N–H and O–H groups in total. The van der Waals surface area contributed by atoms with Crippen molar-refractivity contribution in [3.8, 4) is 0 Å². The fraction of sp³-hybridized carbons (Fsp3) is 0.333. The van der Waals surface area contributed by atoms with E-state index in [1.165, 1.54) is 20.2 Å². The Morgan fingerprint density at radius 1 is 1.38 bits per heavy atom. The molecule has 2 aromatic heterocycles. The van der Waals surface area contributed by atoms with Gasteiger partial charge in [0, 0.05) is 13.3 Å². The third-order valence-corrected chi connectivity index (χ3v) is 3.10. The molecule has 0 amide bonds. The van der Waals surface area contributed by atoms with Crippen LogP contribution >= 0.6 is 0 Å². The fourth-order valence-corrected chi connectivity index (χ4v) is 1.95. The van der Waals surface area contributed by atoms with Crippen LogP contribution in [0.2, 0.25) is 0 Å². The zero-order valence-electron chi connectivity index (χ0n) is 13.9. The first-order valence-electron chi connectivity index (χ1n) is 7.18. The standard InChI is InChI=1S/C15H15F4N5O2/c1-9(4-10(16)14(20-2)26-8-15(17,18)19)11-6-24-12(5-21-11)22-23-13(24)7-25-3/h4-6H,2,7-8H2,1,3H3/b9-4+,14-10-. The number of aliphatic imine (C=N–C) groups is 1. The molecule has 2 rings (SSSR count). The molecule has 7 nitrogen and oxygen atoms in total. The summed E-state index contributed by atoms with van der Waals surface area (Å²) in [5.74, 6) is -1.45. The number of fused-ring (bicyclic) bond motifs is 1. The predicted octanol–water partition coefficient (Wildman–Crippen LogP) is 3.09. The van der Waals surface area contributed by atoms with E-state index in [4.69, 9.17) is 4.74 Å². The van der Waals surface area contributed by atoms with E-state index in [-0.39, 0.29) is 6.61 Å². The molecule has 0 fully saturated rings. The number of hydrogen-bond acceptors (Lipinski definition) is 6. The molecule has 11 heteroatoms. The number of halogens is 4. The van der Waals surface area contributed by atoms with Gasteiger partial charge in [-0.3, -0.25) is 9.38 Å². The van der Waals surface area contributed by atoms with E-state index in [2.05, 4.69) is 31.6 Å². The first-order valence-corrected chi connectivity index (χ1v) is 7.18. The number of rotatable bonds is 7. The maximum absolute atomic E-state index is 14.1. The average molecular weight is 373 g/mol. The zero-order valence-corrected chi connectivity index (χ0v) is 13.9. The molecule has 0 aromatic carbocycles. The van der Waals surface area contributed by atoms with Crippen molar-refractivity contribution < 1.29 is 27.0 Å². The molecule has 0 aliphatic heterocycles. The predicted molar refractivity (Wildman–Crippen MR) is 84.8 cm³/mol. The summed E-state index contributed by atoms with van der Waals surface area (Å²) < 4.78 is 61.6. The Labute approximate surface area is 145 Å². The van der Waals surface area contributed by atoms with Crippen LogP contribution in [0.4, 0.5) is 17.6 Å². The minimum Gasteiger partial charge on any atom is -0.466 e. The van der Waals surface area contributed by atoms with Crippen molar-refractivity contribution in [3.63, 3.8) is 0 Å². The third kappa shape index (κ3) is 4.85. The molecule has 0 saturated heterocycles. The number of hydrogen-bond donors (Lipinski definition) is 0. The lowest BCUT2D eigenvalue weighted by molar-refractivity contribution is -0.165.